The van der Waals surface area contributed by atoms with Gasteiger partial charge in [0.15, 0.2) is 5.69 Å². The van der Waals surface area contributed by atoms with E-state index in [-0.39, 0.29) is 5.69 Å². The molecule has 2 atom stereocenters. The molecule has 1 aromatic carbocycles. The summed E-state index contributed by atoms with van der Waals surface area (Å²) in [4.78, 5) is 19.2. The number of benzene rings is 1. The number of hydrogen-bond acceptors (Lipinski definition) is 4. The fourth-order valence-electron chi connectivity index (χ4n) is 3.59. The molecule has 0 aliphatic heterocycles. The van der Waals surface area contributed by atoms with E-state index in [2.05, 4.69) is 45.6 Å². The number of anilines is 1. The Balaban J connectivity index is 1.63. The van der Waals surface area contributed by atoms with E-state index < -0.39 is 5.97 Å². The maximum atomic E-state index is 11.2. The number of carbonyl (C=O) groups is 1. The molecule has 1 fully saturated rings. The molecular formula is C19H23N3O2. The zero-order valence-corrected chi connectivity index (χ0v) is 13.9. The van der Waals surface area contributed by atoms with Crippen LogP contribution in [0.2, 0.25) is 0 Å². The van der Waals surface area contributed by atoms with E-state index >= 15 is 0 Å². The van der Waals surface area contributed by atoms with Gasteiger partial charge in [0, 0.05) is 12.1 Å². The van der Waals surface area contributed by atoms with Gasteiger partial charge in [-0.1, -0.05) is 36.8 Å². The molecule has 0 bridgehead atoms. The van der Waals surface area contributed by atoms with E-state index in [9.17, 15) is 4.79 Å². The molecule has 1 aliphatic rings. The second kappa shape index (κ2) is 7.43. The number of carboxylic acid groups (broad SMARTS) is 1. The van der Waals surface area contributed by atoms with Crippen LogP contribution in [0.1, 0.15) is 53.2 Å². The quantitative estimate of drug-likeness (QED) is 0.873. The molecule has 2 N–H and O–H groups in total. The number of hydrogen-bond donors (Lipinski definition) is 2. The minimum absolute atomic E-state index is 0.0679. The zero-order chi connectivity index (χ0) is 16.9. The van der Waals surface area contributed by atoms with Crippen LogP contribution >= 0.6 is 0 Å². The third-order valence-electron chi connectivity index (χ3n) is 4.90. The second-order valence-corrected chi connectivity index (χ2v) is 6.52. The monoisotopic (exact) mass is 325 g/mol. The lowest BCUT2D eigenvalue weighted by Crippen LogP contribution is -2.22. The van der Waals surface area contributed by atoms with Crippen LogP contribution in [0.5, 0.6) is 0 Å². The standard InChI is InChI=1S/C19H23N3O2/c1-13-17(19(23)24)21-12-22-18(13)20-11-14-6-5-9-16(10-14)15-7-3-2-4-8-15/h2-4,7-8,12,14,16H,5-6,9-11H2,1H3,(H,23,24)(H,20,21,22). The first-order valence-electron chi connectivity index (χ1n) is 8.49. The maximum Gasteiger partial charge on any atom is 0.354 e. The third kappa shape index (κ3) is 3.72. The van der Waals surface area contributed by atoms with Gasteiger partial charge in [0.1, 0.15) is 12.1 Å². The molecule has 1 aromatic heterocycles. The van der Waals surface area contributed by atoms with Crippen molar-refractivity contribution < 1.29 is 9.90 Å². The first-order valence-corrected chi connectivity index (χ1v) is 8.49. The van der Waals surface area contributed by atoms with Gasteiger partial charge < -0.3 is 10.4 Å². The van der Waals surface area contributed by atoms with Gasteiger partial charge in [-0.3, -0.25) is 0 Å². The molecule has 2 unspecified atom stereocenters. The highest BCUT2D eigenvalue weighted by Crippen LogP contribution is 2.36. The Hall–Kier alpha value is -2.43. The van der Waals surface area contributed by atoms with Crippen molar-refractivity contribution in [2.75, 3.05) is 11.9 Å². The Morgan fingerprint density at radius 2 is 2.04 bits per heavy atom. The molecule has 0 amide bonds. The predicted molar refractivity (Wildman–Crippen MR) is 93.4 cm³/mol. The van der Waals surface area contributed by atoms with Crippen molar-refractivity contribution in [2.45, 2.75) is 38.5 Å². The van der Waals surface area contributed by atoms with Gasteiger partial charge in [-0.25, -0.2) is 14.8 Å². The van der Waals surface area contributed by atoms with Crippen LogP contribution in [-0.4, -0.2) is 27.6 Å². The fraction of sp³-hybridized carbons (Fsp3) is 0.421. The number of rotatable bonds is 5. The van der Waals surface area contributed by atoms with Crippen molar-refractivity contribution in [1.29, 1.82) is 0 Å². The lowest BCUT2D eigenvalue weighted by Gasteiger charge is -2.30. The molecule has 1 aliphatic carbocycles. The van der Waals surface area contributed by atoms with E-state index in [4.69, 9.17) is 5.11 Å². The average molecular weight is 325 g/mol. The number of nitrogens with one attached hydrogen (secondary N) is 1. The average Bonchev–Trinajstić information content (AvgIpc) is 2.61. The van der Waals surface area contributed by atoms with Gasteiger partial charge in [-0.2, -0.15) is 0 Å². The Bertz CT molecular complexity index is 703. The van der Waals surface area contributed by atoms with Crippen molar-refractivity contribution in [2.24, 2.45) is 5.92 Å². The van der Waals surface area contributed by atoms with Crippen molar-refractivity contribution in [1.82, 2.24) is 9.97 Å². The molecule has 3 rings (SSSR count). The van der Waals surface area contributed by atoms with E-state index in [1.165, 1.54) is 31.2 Å². The first-order chi connectivity index (χ1) is 11.6. The van der Waals surface area contributed by atoms with Crippen LogP contribution in [0.3, 0.4) is 0 Å². The molecule has 5 nitrogen and oxygen atoms in total. The Kier molecular flexibility index (Phi) is 5.08. The first kappa shape index (κ1) is 16.4. The predicted octanol–water partition coefficient (Wildman–Crippen LogP) is 3.87. The van der Waals surface area contributed by atoms with Crippen LogP contribution in [-0.2, 0) is 0 Å². The highest BCUT2D eigenvalue weighted by atomic mass is 16.4. The highest BCUT2D eigenvalue weighted by Gasteiger charge is 2.23. The summed E-state index contributed by atoms with van der Waals surface area (Å²) in [5, 5.41) is 12.5. The van der Waals surface area contributed by atoms with Gasteiger partial charge in [-0.05, 0) is 43.6 Å². The molecule has 0 saturated heterocycles. The van der Waals surface area contributed by atoms with Gasteiger partial charge in [-0.15, -0.1) is 0 Å². The van der Waals surface area contributed by atoms with E-state index in [0.717, 1.165) is 13.0 Å². The maximum absolute atomic E-state index is 11.2. The number of carboxylic acids is 1. The summed E-state index contributed by atoms with van der Waals surface area (Å²) in [7, 11) is 0. The third-order valence-corrected chi connectivity index (χ3v) is 4.90. The van der Waals surface area contributed by atoms with E-state index in [1.54, 1.807) is 6.92 Å². The number of nitrogens with zero attached hydrogens (tertiary/aromatic N) is 2. The molecule has 1 saturated carbocycles. The lowest BCUT2D eigenvalue weighted by molar-refractivity contribution is 0.0689. The molecule has 1 heterocycles. The summed E-state index contributed by atoms with van der Waals surface area (Å²) in [5.74, 6) is 0.809. The summed E-state index contributed by atoms with van der Waals surface area (Å²) in [5.41, 5.74) is 2.09. The summed E-state index contributed by atoms with van der Waals surface area (Å²) < 4.78 is 0. The minimum atomic E-state index is -1.01. The summed E-state index contributed by atoms with van der Waals surface area (Å²) in [6, 6.07) is 10.7. The SMILES string of the molecule is Cc1c(NCC2CCCC(c3ccccc3)C2)ncnc1C(=O)O. The molecule has 0 spiro atoms. The number of aromatic carboxylic acids is 1. The zero-order valence-electron chi connectivity index (χ0n) is 13.9. The Morgan fingerprint density at radius 3 is 2.79 bits per heavy atom. The van der Waals surface area contributed by atoms with Crippen LogP contribution < -0.4 is 5.32 Å². The van der Waals surface area contributed by atoms with Gasteiger partial charge in [0.2, 0.25) is 0 Å². The minimum Gasteiger partial charge on any atom is -0.476 e. The van der Waals surface area contributed by atoms with Crippen LogP contribution in [0, 0.1) is 12.8 Å². The molecular weight excluding hydrogens is 302 g/mol. The van der Waals surface area contributed by atoms with Crippen LogP contribution in [0.25, 0.3) is 0 Å². The van der Waals surface area contributed by atoms with E-state index in [1.807, 2.05) is 0 Å². The lowest BCUT2D eigenvalue weighted by atomic mass is 9.78. The van der Waals surface area contributed by atoms with Crippen molar-refractivity contribution in [3.8, 4) is 0 Å². The number of aromatic nitrogens is 2. The van der Waals surface area contributed by atoms with Crippen LogP contribution in [0.15, 0.2) is 36.7 Å². The van der Waals surface area contributed by atoms with Gasteiger partial charge >= 0.3 is 5.97 Å². The fourth-order valence-corrected chi connectivity index (χ4v) is 3.59. The topological polar surface area (TPSA) is 75.1 Å². The summed E-state index contributed by atoms with van der Waals surface area (Å²) >= 11 is 0. The van der Waals surface area contributed by atoms with Crippen molar-refractivity contribution in [3.63, 3.8) is 0 Å². The molecule has 24 heavy (non-hydrogen) atoms. The highest BCUT2D eigenvalue weighted by molar-refractivity contribution is 5.88. The smallest absolute Gasteiger partial charge is 0.354 e. The van der Waals surface area contributed by atoms with Crippen LogP contribution in [0.4, 0.5) is 5.82 Å². The van der Waals surface area contributed by atoms with Crippen molar-refractivity contribution in [3.05, 3.63) is 53.5 Å². The summed E-state index contributed by atoms with van der Waals surface area (Å²) in [6.07, 6.45) is 6.15. The van der Waals surface area contributed by atoms with Gasteiger partial charge in [0.25, 0.3) is 0 Å². The Labute approximate surface area is 142 Å². The molecule has 2 aromatic rings. The van der Waals surface area contributed by atoms with Gasteiger partial charge in [0.05, 0.1) is 0 Å². The normalized spacial score (nSPS) is 20.5. The largest absolute Gasteiger partial charge is 0.476 e. The molecule has 0 radical (unpaired) electrons. The molecule has 5 heteroatoms. The molecule has 126 valence electrons. The second-order valence-electron chi connectivity index (χ2n) is 6.52. The van der Waals surface area contributed by atoms with E-state index in [0.29, 0.717) is 23.2 Å². The Morgan fingerprint density at radius 1 is 1.25 bits per heavy atom. The van der Waals surface area contributed by atoms with Crippen molar-refractivity contribution >= 4 is 11.8 Å². The summed E-state index contributed by atoms with van der Waals surface area (Å²) in [6.45, 7) is 2.57.